The van der Waals surface area contributed by atoms with Crippen molar-refractivity contribution in [2.75, 3.05) is 30.3 Å². The van der Waals surface area contributed by atoms with E-state index in [-0.39, 0.29) is 34.9 Å². The molecule has 6 nitrogen and oxygen atoms in total. The normalized spacial score (nSPS) is 24.1. The molecule has 2 aromatic rings. The van der Waals surface area contributed by atoms with E-state index in [0.717, 1.165) is 41.2 Å². The molecule has 0 unspecified atom stereocenters. The van der Waals surface area contributed by atoms with Gasteiger partial charge >= 0.3 is 0 Å². The fourth-order valence-corrected chi connectivity index (χ4v) is 7.87. The second-order valence-corrected chi connectivity index (χ2v) is 13.2. The number of nitrogen functional groups attached to an aromatic ring is 1. The van der Waals surface area contributed by atoms with Gasteiger partial charge in [0, 0.05) is 54.8 Å². The Morgan fingerprint density at radius 2 is 1.56 bits per heavy atom. The topological polar surface area (TPSA) is 83.7 Å². The molecule has 0 bridgehead atoms. The van der Waals surface area contributed by atoms with Gasteiger partial charge in [-0.1, -0.05) is 6.07 Å². The largest absolute Gasteiger partial charge is 0.399 e. The van der Waals surface area contributed by atoms with Crippen LogP contribution in [-0.4, -0.2) is 44.2 Å². The lowest BCUT2D eigenvalue weighted by atomic mass is 9.66. The van der Waals surface area contributed by atoms with Crippen molar-refractivity contribution in [3.8, 4) is 0 Å². The summed E-state index contributed by atoms with van der Waals surface area (Å²) >= 11 is 0. The summed E-state index contributed by atoms with van der Waals surface area (Å²) in [6.45, 7) is 0.0791. The van der Waals surface area contributed by atoms with E-state index in [0.29, 0.717) is 17.6 Å². The highest BCUT2D eigenvalue weighted by Crippen LogP contribution is 2.62. The maximum absolute atomic E-state index is 13.8. The van der Waals surface area contributed by atoms with E-state index in [9.17, 15) is 22.0 Å². The molecule has 0 atom stereocenters. The molecule has 4 aliphatic rings. The smallest absolute Gasteiger partial charge is 0.258 e. The predicted octanol–water partition coefficient (Wildman–Crippen LogP) is 4.94. The van der Waals surface area contributed by atoms with Crippen molar-refractivity contribution < 1.29 is 22.0 Å². The zero-order chi connectivity index (χ0) is 25.3. The minimum atomic E-state index is -3.98. The first-order chi connectivity index (χ1) is 17.0. The van der Waals surface area contributed by atoms with Gasteiger partial charge < -0.3 is 10.6 Å². The minimum Gasteiger partial charge on any atom is -0.399 e. The van der Waals surface area contributed by atoms with Crippen LogP contribution in [0.4, 0.5) is 20.2 Å². The fourth-order valence-electron chi connectivity index (χ4n) is 6.38. The fraction of sp³-hybridized carbons (Fsp3) is 0.519. The van der Waals surface area contributed by atoms with Crippen LogP contribution < -0.4 is 10.6 Å². The summed E-state index contributed by atoms with van der Waals surface area (Å²) < 4.78 is 54.6. The van der Waals surface area contributed by atoms with Gasteiger partial charge in [-0.3, -0.25) is 4.79 Å². The molecule has 2 aliphatic carbocycles. The summed E-state index contributed by atoms with van der Waals surface area (Å²) in [5, 5.41) is 0. The van der Waals surface area contributed by atoms with E-state index < -0.39 is 28.8 Å². The highest BCUT2D eigenvalue weighted by atomic mass is 32.2. The SMILES string of the molecule is Nc1ccc2c(c1)C1(CCC3(CC3)CC1)CN2C(=O)c1cccc(S(=O)(=O)N2CCC(F)(F)CC2)c1. The number of hydrogen-bond donors (Lipinski definition) is 1. The van der Waals surface area contributed by atoms with Gasteiger partial charge in [0.05, 0.1) is 4.90 Å². The number of alkyl halides is 2. The third kappa shape index (κ3) is 3.91. The Kier molecular flexibility index (Phi) is 5.29. The number of hydrogen-bond acceptors (Lipinski definition) is 4. The highest BCUT2D eigenvalue weighted by Gasteiger charge is 2.53. The van der Waals surface area contributed by atoms with Crippen LogP contribution in [0.1, 0.15) is 67.3 Å². The van der Waals surface area contributed by atoms with Gasteiger partial charge in [0.1, 0.15) is 0 Å². The van der Waals surface area contributed by atoms with Gasteiger partial charge in [0.25, 0.3) is 11.8 Å². The van der Waals surface area contributed by atoms with E-state index in [2.05, 4.69) is 0 Å². The van der Waals surface area contributed by atoms with E-state index in [1.54, 1.807) is 23.1 Å². The molecule has 2 heterocycles. The number of rotatable bonds is 3. The standard InChI is InChI=1S/C27H31F2N3O3S/c28-27(29)12-14-31(15-13-27)36(34,35)21-3-1-2-19(16-21)24(33)32-18-26(10-8-25(6-7-25)9-11-26)22-17-20(30)4-5-23(22)32/h1-5,16-17H,6-15,18,30H2. The Hall–Kier alpha value is -2.52. The van der Waals surface area contributed by atoms with Crippen molar-refractivity contribution in [2.24, 2.45) is 5.41 Å². The first-order valence-corrected chi connectivity index (χ1v) is 14.2. The van der Waals surface area contributed by atoms with E-state index >= 15 is 0 Å². The molecule has 1 amide bonds. The molecular formula is C27H31F2N3O3S. The molecule has 2 saturated carbocycles. The van der Waals surface area contributed by atoms with Crippen LogP contribution in [0.15, 0.2) is 47.4 Å². The summed E-state index contributed by atoms with van der Waals surface area (Å²) in [6, 6.07) is 11.7. The molecule has 2 aromatic carbocycles. The van der Waals surface area contributed by atoms with Gasteiger partial charge in [-0.15, -0.1) is 0 Å². The molecule has 9 heteroatoms. The van der Waals surface area contributed by atoms with Crippen molar-refractivity contribution in [1.29, 1.82) is 0 Å². The van der Waals surface area contributed by atoms with Crippen LogP contribution in [0.2, 0.25) is 0 Å². The quantitative estimate of drug-likeness (QED) is 0.587. The summed E-state index contributed by atoms with van der Waals surface area (Å²) in [6.07, 6.45) is 5.95. The second-order valence-electron chi connectivity index (χ2n) is 11.2. The maximum Gasteiger partial charge on any atom is 0.258 e. The van der Waals surface area contributed by atoms with Crippen LogP contribution in [0.25, 0.3) is 0 Å². The second kappa shape index (κ2) is 7.99. The zero-order valence-corrected chi connectivity index (χ0v) is 21.0. The van der Waals surface area contributed by atoms with Crippen molar-refractivity contribution in [1.82, 2.24) is 4.31 Å². The first-order valence-electron chi connectivity index (χ1n) is 12.7. The number of fused-ring (bicyclic) bond motifs is 2. The number of halogens is 2. The van der Waals surface area contributed by atoms with Gasteiger partial charge in [-0.05, 0) is 85.9 Å². The Labute approximate surface area is 210 Å². The molecule has 2 spiro atoms. The molecule has 192 valence electrons. The number of carbonyl (C=O) groups excluding carboxylic acids is 1. The monoisotopic (exact) mass is 515 g/mol. The van der Waals surface area contributed by atoms with Gasteiger partial charge in [0.2, 0.25) is 10.0 Å². The van der Waals surface area contributed by atoms with E-state index in [1.165, 1.54) is 25.0 Å². The van der Waals surface area contributed by atoms with Crippen molar-refractivity contribution in [2.45, 2.75) is 67.6 Å². The number of amides is 1. The number of benzene rings is 2. The average Bonchev–Trinajstić information content (AvgIpc) is 3.56. The molecule has 0 radical (unpaired) electrons. The van der Waals surface area contributed by atoms with Gasteiger partial charge in [0.15, 0.2) is 0 Å². The average molecular weight is 516 g/mol. The number of sulfonamides is 1. The Morgan fingerprint density at radius 3 is 2.22 bits per heavy atom. The zero-order valence-electron chi connectivity index (χ0n) is 20.2. The first kappa shape index (κ1) is 23.9. The summed E-state index contributed by atoms with van der Waals surface area (Å²) in [4.78, 5) is 15.5. The van der Waals surface area contributed by atoms with Crippen LogP contribution in [-0.2, 0) is 15.4 Å². The molecule has 2 N–H and O–H groups in total. The maximum atomic E-state index is 13.8. The number of carbonyl (C=O) groups is 1. The number of anilines is 2. The summed E-state index contributed by atoms with van der Waals surface area (Å²) in [5.41, 5.74) is 9.43. The Balaban J connectivity index is 1.29. The van der Waals surface area contributed by atoms with Crippen molar-refractivity contribution in [3.05, 3.63) is 53.6 Å². The van der Waals surface area contributed by atoms with E-state index in [1.807, 2.05) is 12.1 Å². The van der Waals surface area contributed by atoms with E-state index in [4.69, 9.17) is 5.73 Å². The molecule has 0 aromatic heterocycles. The molecule has 3 fully saturated rings. The molecule has 36 heavy (non-hydrogen) atoms. The summed E-state index contributed by atoms with van der Waals surface area (Å²) in [5.74, 6) is -3.10. The number of piperidine rings is 1. The molecular weight excluding hydrogens is 484 g/mol. The van der Waals surface area contributed by atoms with Crippen LogP contribution >= 0.6 is 0 Å². The third-order valence-corrected chi connectivity index (χ3v) is 10.9. The van der Waals surface area contributed by atoms with Crippen LogP contribution in [0.3, 0.4) is 0 Å². The molecule has 1 saturated heterocycles. The van der Waals surface area contributed by atoms with Gasteiger partial charge in [-0.25, -0.2) is 17.2 Å². The van der Waals surface area contributed by atoms with Crippen LogP contribution in [0.5, 0.6) is 0 Å². The highest BCUT2D eigenvalue weighted by molar-refractivity contribution is 7.89. The van der Waals surface area contributed by atoms with Gasteiger partial charge in [-0.2, -0.15) is 4.31 Å². The Morgan fingerprint density at radius 1 is 0.889 bits per heavy atom. The molecule has 6 rings (SSSR count). The lowest BCUT2D eigenvalue weighted by Crippen LogP contribution is -2.42. The minimum absolute atomic E-state index is 0.0432. The lowest BCUT2D eigenvalue weighted by molar-refractivity contribution is -0.0412. The Bertz CT molecular complexity index is 1320. The van der Waals surface area contributed by atoms with Crippen molar-refractivity contribution >= 4 is 27.3 Å². The number of nitrogens with zero attached hydrogens (tertiary/aromatic N) is 2. The van der Waals surface area contributed by atoms with Crippen molar-refractivity contribution in [3.63, 3.8) is 0 Å². The molecule has 2 aliphatic heterocycles. The van der Waals surface area contributed by atoms with Crippen LogP contribution in [0, 0.1) is 5.41 Å². The lowest BCUT2D eigenvalue weighted by Gasteiger charge is -2.38. The number of nitrogens with two attached hydrogens (primary N) is 1. The summed E-state index contributed by atoms with van der Waals surface area (Å²) in [7, 11) is -3.98. The third-order valence-electron chi connectivity index (χ3n) is 8.99. The predicted molar refractivity (Wildman–Crippen MR) is 134 cm³/mol.